The second-order valence-corrected chi connectivity index (χ2v) is 7.96. The number of carbonyl (C=O) groups excluding carboxylic acids is 2. The number of ether oxygens (including phenoxy) is 2. The molecular formula is C20H27F3N2O4. The van der Waals surface area contributed by atoms with E-state index in [9.17, 15) is 22.8 Å². The van der Waals surface area contributed by atoms with Crippen LogP contribution in [0.2, 0.25) is 0 Å². The molecule has 0 aliphatic carbocycles. The fraction of sp³-hybridized carbons (Fsp3) is 0.600. The summed E-state index contributed by atoms with van der Waals surface area (Å²) in [6.07, 6.45) is -4.52. The first-order valence-electron chi connectivity index (χ1n) is 9.48. The van der Waals surface area contributed by atoms with Gasteiger partial charge in [-0.25, -0.2) is 9.59 Å². The summed E-state index contributed by atoms with van der Waals surface area (Å²) in [6, 6.07) is 3.29. The van der Waals surface area contributed by atoms with Gasteiger partial charge in [0.2, 0.25) is 0 Å². The Balaban J connectivity index is 2.06. The molecule has 0 bridgehead atoms. The van der Waals surface area contributed by atoms with Crippen LogP contribution in [0.15, 0.2) is 18.2 Å². The minimum absolute atomic E-state index is 0.0600. The normalized spacial score (nSPS) is 17.8. The summed E-state index contributed by atoms with van der Waals surface area (Å²) < 4.78 is 50.5. The summed E-state index contributed by atoms with van der Waals surface area (Å²) >= 11 is 0. The highest BCUT2D eigenvalue weighted by Gasteiger charge is 2.35. The van der Waals surface area contributed by atoms with Crippen molar-refractivity contribution in [2.75, 3.05) is 19.7 Å². The first kappa shape index (κ1) is 23.0. The lowest BCUT2D eigenvalue weighted by Gasteiger charge is -2.22. The number of alkyl carbamates (subject to hydrolysis) is 1. The summed E-state index contributed by atoms with van der Waals surface area (Å²) in [5.74, 6) is -0.785. The highest BCUT2D eigenvalue weighted by atomic mass is 19.4. The molecular weight excluding hydrogens is 389 g/mol. The molecule has 1 N–H and O–H groups in total. The maximum Gasteiger partial charge on any atom is 0.416 e. The van der Waals surface area contributed by atoms with E-state index in [2.05, 4.69) is 5.32 Å². The molecule has 9 heteroatoms. The van der Waals surface area contributed by atoms with Crippen LogP contribution in [0.1, 0.15) is 55.6 Å². The van der Waals surface area contributed by atoms with E-state index in [4.69, 9.17) is 9.47 Å². The Morgan fingerprint density at radius 1 is 1.24 bits per heavy atom. The Kier molecular flexibility index (Phi) is 7.15. The highest BCUT2D eigenvalue weighted by Crippen LogP contribution is 2.34. The molecule has 0 aromatic heterocycles. The van der Waals surface area contributed by atoms with Gasteiger partial charge in [-0.2, -0.15) is 13.2 Å². The molecule has 0 saturated carbocycles. The van der Waals surface area contributed by atoms with Gasteiger partial charge in [0.15, 0.2) is 0 Å². The molecule has 6 nitrogen and oxygen atoms in total. The number of benzene rings is 1. The number of hydrogen-bond donors (Lipinski definition) is 1. The number of rotatable bonds is 5. The molecule has 1 saturated heterocycles. The molecule has 1 amide bonds. The van der Waals surface area contributed by atoms with Crippen LogP contribution in [-0.4, -0.2) is 48.3 Å². The maximum absolute atomic E-state index is 13.5. The largest absolute Gasteiger partial charge is 0.462 e. The second kappa shape index (κ2) is 9.02. The zero-order chi connectivity index (χ0) is 21.8. The Morgan fingerprint density at radius 3 is 2.52 bits per heavy atom. The molecule has 0 spiro atoms. The van der Waals surface area contributed by atoms with E-state index in [1.807, 2.05) is 4.90 Å². The molecule has 1 aromatic rings. The monoisotopic (exact) mass is 416 g/mol. The van der Waals surface area contributed by atoms with Crippen LogP contribution in [0.5, 0.6) is 0 Å². The Bertz CT molecular complexity index is 744. The van der Waals surface area contributed by atoms with Crippen molar-refractivity contribution >= 4 is 12.1 Å². The first-order chi connectivity index (χ1) is 13.4. The minimum Gasteiger partial charge on any atom is -0.462 e. The lowest BCUT2D eigenvalue weighted by Crippen LogP contribution is -2.40. The van der Waals surface area contributed by atoms with E-state index >= 15 is 0 Å². The van der Waals surface area contributed by atoms with Gasteiger partial charge in [0.1, 0.15) is 5.60 Å². The van der Waals surface area contributed by atoms with Gasteiger partial charge in [0, 0.05) is 25.7 Å². The van der Waals surface area contributed by atoms with Crippen molar-refractivity contribution in [1.82, 2.24) is 10.2 Å². The van der Waals surface area contributed by atoms with Gasteiger partial charge in [0.25, 0.3) is 0 Å². The Hall–Kier alpha value is -2.29. The van der Waals surface area contributed by atoms with E-state index < -0.39 is 29.4 Å². The number of halogens is 3. The average molecular weight is 416 g/mol. The fourth-order valence-corrected chi connectivity index (χ4v) is 3.13. The van der Waals surface area contributed by atoms with Crippen LogP contribution in [0.4, 0.5) is 18.0 Å². The molecule has 1 aromatic carbocycles. The first-order valence-corrected chi connectivity index (χ1v) is 9.48. The number of esters is 1. The third kappa shape index (κ3) is 6.92. The topological polar surface area (TPSA) is 67.9 Å². The Labute approximate surface area is 168 Å². The lowest BCUT2D eigenvalue weighted by atomic mass is 10.0. The number of likely N-dealkylation sites (tertiary alicyclic amines) is 1. The van der Waals surface area contributed by atoms with Gasteiger partial charge >= 0.3 is 18.2 Å². The van der Waals surface area contributed by atoms with E-state index in [0.29, 0.717) is 19.5 Å². The summed E-state index contributed by atoms with van der Waals surface area (Å²) in [6.45, 7) is 7.95. The predicted molar refractivity (Wildman–Crippen MR) is 100 cm³/mol. The fourth-order valence-electron chi connectivity index (χ4n) is 3.13. The van der Waals surface area contributed by atoms with Crippen molar-refractivity contribution in [3.8, 4) is 0 Å². The lowest BCUT2D eigenvalue weighted by molar-refractivity contribution is -0.138. The quantitative estimate of drug-likeness (QED) is 0.736. The average Bonchev–Trinajstić information content (AvgIpc) is 2.99. The van der Waals surface area contributed by atoms with Gasteiger partial charge in [-0.1, -0.05) is 6.07 Å². The number of alkyl halides is 3. The summed E-state index contributed by atoms with van der Waals surface area (Å²) in [5, 5.41) is 2.75. The van der Waals surface area contributed by atoms with Crippen LogP contribution in [-0.2, 0) is 22.2 Å². The van der Waals surface area contributed by atoms with Crippen LogP contribution in [0.3, 0.4) is 0 Å². The summed E-state index contributed by atoms with van der Waals surface area (Å²) in [7, 11) is 0. The molecule has 1 fully saturated rings. The Morgan fingerprint density at radius 2 is 1.93 bits per heavy atom. The minimum atomic E-state index is -4.59. The molecule has 1 heterocycles. The number of carbonyl (C=O) groups is 2. The van der Waals surface area contributed by atoms with Gasteiger partial charge in [-0.05, 0) is 51.8 Å². The molecule has 1 atom stereocenters. The number of hydrogen-bond acceptors (Lipinski definition) is 5. The third-order valence-electron chi connectivity index (χ3n) is 4.31. The van der Waals surface area contributed by atoms with Crippen LogP contribution in [0.25, 0.3) is 0 Å². The third-order valence-corrected chi connectivity index (χ3v) is 4.31. The zero-order valence-electron chi connectivity index (χ0n) is 17.1. The molecule has 1 aliphatic rings. The number of nitrogens with zero attached hydrogens (tertiary/aromatic N) is 1. The molecule has 1 aliphatic heterocycles. The molecule has 162 valence electrons. The summed E-state index contributed by atoms with van der Waals surface area (Å²) in [4.78, 5) is 25.5. The van der Waals surface area contributed by atoms with E-state index in [1.54, 1.807) is 27.7 Å². The van der Waals surface area contributed by atoms with Gasteiger partial charge in [0.05, 0.1) is 17.7 Å². The second-order valence-electron chi connectivity index (χ2n) is 7.96. The highest BCUT2D eigenvalue weighted by molar-refractivity contribution is 5.89. The van der Waals surface area contributed by atoms with Crippen molar-refractivity contribution in [3.63, 3.8) is 0 Å². The van der Waals surface area contributed by atoms with Crippen molar-refractivity contribution in [1.29, 1.82) is 0 Å². The van der Waals surface area contributed by atoms with Crippen molar-refractivity contribution in [2.45, 2.75) is 58.5 Å². The molecule has 2 rings (SSSR count). The smallest absolute Gasteiger partial charge is 0.416 e. The molecule has 29 heavy (non-hydrogen) atoms. The van der Waals surface area contributed by atoms with Crippen molar-refractivity contribution in [2.24, 2.45) is 0 Å². The molecule has 0 unspecified atom stereocenters. The maximum atomic E-state index is 13.5. The van der Waals surface area contributed by atoms with Gasteiger partial charge in [-0.15, -0.1) is 0 Å². The standard InChI is InChI=1S/C20H27F3N2O4/c1-5-28-17(26)13-6-7-14(16(10-13)20(21,22)23)11-25-9-8-15(12-25)24-18(27)29-19(2,3)4/h6-7,10,15H,5,8-9,11-12H2,1-4H3,(H,24,27)/t15-/m1/s1. The van der Waals surface area contributed by atoms with E-state index in [1.165, 1.54) is 12.1 Å². The number of amides is 1. The number of nitrogens with one attached hydrogen (secondary N) is 1. The van der Waals surface area contributed by atoms with Gasteiger partial charge < -0.3 is 14.8 Å². The van der Waals surface area contributed by atoms with Gasteiger partial charge in [-0.3, -0.25) is 4.90 Å². The zero-order valence-corrected chi connectivity index (χ0v) is 17.1. The van der Waals surface area contributed by atoms with Crippen molar-refractivity contribution in [3.05, 3.63) is 34.9 Å². The van der Waals surface area contributed by atoms with E-state index in [0.717, 1.165) is 6.07 Å². The SMILES string of the molecule is CCOC(=O)c1ccc(CN2CC[C@@H](NC(=O)OC(C)(C)C)C2)c(C(F)(F)F)c1. The van der Waals surface area contributed by atoms with Crippen LogP contribution >= 0.6 is 0 Å². The summed E-state index contributed by atoms with van der Waals surface area (Å²) in [5.41, 5.74) is -1.53. The van der Waals surface area contributed by atoms with Crippen molar-refractivity contribution < 1.29 is 32.2 Å². The van der Waals surface area contributed by atoms with Crippen LogP contribution in [0, 0.1) is 0 Å². The van der Waals surface area contributed by atoms with Crippen LogP contribution < -0.4 is 5.32 Å². The van der Waals surface area contributed by atoms with E-state index in [-0.39, 0.29) is 30.3 Å². The predicted octanol–water partition coefficient (Wildman–Crippen LogP) is 3.98. The molecule has 0 radical (unpaired) electrons.